The van der Waals surface area contributed by atoms with Gasteiger partial charge in [-0.15, -0.1) is 0 Å². The fourth-order valence-electron chi connectivity index (χ4n) is 3.40. The molecule has 23 heavy (non-hydrogen) atoms. The van der Waals surface area contributed by atoms with E-state index in [1.807, 2.05) is 0 Å². The Morgan fingerprint density at radius 3 is 2.57 bits per heavy atom. The molecule has 2 heterocycles. The molecular weight excluding hydrogens is 329 g/mol. The maximum atomic E-state index is 12.9. The Hall–Kier alpha value is -1.50. The third-order valence-corrected chi connectivity index (χ3v) is 7.16. The molecule has 0 saturated carbocycles. The second-order valence-electron chi connectivity index (χ2n) is 5.99. The molecule has 1 fully saturated rings. The van der Waals surface area contributed by atoms with E-state index in [4.69, 9.17) is 4.74 Å². The molecule has 3 nitrogen and oxygen atoms in total. The Morgan fingerprint density at radius 2 is 1.96 bits per heavy atom. The average Bonchev–Trinajstić information content (AvgIpc) is 2.44. The second kappa shape index (κ2) is 5.54. The average molecular weight is 346 g/mol. The number of allylic oxidation sites excluding steroid dienone is 1. The van der Waals surface area contributed by atoms with Gasteiger partial charge in [0, 0.05) is 0 Å². The molecule has 0 aromatic heterocycles. The molecule has 0 amide bonds. The van der Waals surface area contributed by atoms with Crippen LogP contribution in [0.2, 0.25) is 0 Å². The van der Waals surface area contributed by atoms with Crippen LogP contribution < -0.4 is 4.74 Å². The van der Waals surface area contributed by atoms with E-state index < -0.39 is 32.1 Å². The number of alkyl halides is 3. The summed E-state index contributed by atoms with van der Waals surface area (Å²) in [5.74, 6) is -0.241. The lowest BCUT2D eigenvalue weighted by Crippen LogP contribution is -2.38. The number of benzene rings is 1. The van der Waals surface area contributed by atoms with E-state index in [1.165, 1.54) is 19.2 Å². The van der Waals surface area contributed by atoms with Gasteiger partial charge in [-0.25, -0.2) is 8.42 Å². The molecule has 1 aromatic rings. The van der Waals surface area contributed by atoms with Crippen LogP contribution in [-0.4, -0.2) is 26.0 Å². The number of halogens is 3. The first-order valence-corrected chi connectivity index (χ1v) is 9.03. The van der Waals surface area contributed by atoms with Crippen molar-refractivity contribution in [2.75, 3.05) is 7.11 Å². The first kappa shape index (κ1) is 16.4. The molecule has 126 valence electrons. The minimum Gasteiger partial charge on any atom is -0.496 e. The van der Waals surface area contributed by atoms with Crippen molar-refractivity contribution in [1.82, 2.24) is 0 Å². The highest BCUT2D eigenvalue weighted by atomic mass is 32.2. The highest BCUT2D eigenvalue weighted by Gasteiger charge is 2.41. The molecule has 2 aliphatic heterocycles. The number of ether oxygens (including phenoxy) is 1. The molecule has 0 radical (unpaired) electrons. The molecule has 1 aromatic carbocycles. The van der Waals surface area contributed by atoms with Crippen LogP contribution in [0.15, 0.2) is 24.3 Å². The third kappa shape index (κ3) is 2.86. The van der Waals surface area contributed by atoms with Gasteiger partial charge in [0.25, 0.3) is 0 Å². The third-order valence-electron chi connectivity index (χ3n) is 4.61. The maximum Gasteiger partial charge on any atom is 0.419 e. The van der Waals surface area contributed by atoms with E-state index in [9.17, 15) is 21.6 Å². The largest absolute Gasteiger partial charge is 0.496 e. The van der Waals surface area contributed by atoms with Gasteiger partial charge in [-0.1, -0.05) is 18.6 Å². The van der Waals surface area contributed by atoms with Gasteiger partial charge in [-0.3, -0.25) is 0 Å². The van der Waals surface area contributed by atoms with Gasteiger partial charge in [0.2, 0.25) is 0 Å². The summed E-state index contributed by atoms with van der Waals surface area (Å²) >= 11 is 0. The Balaban J connectivity index is 2.02. The lowest BCUT2D eigenvalue weighted by Gasteiger charge is -2.33. The van der Waals surface area contributed by atoms with E-state index in [2.05, 4.69) is 0 Å². The topological polar surface area (TPSA) is 43.4 Å². The Kier molecular flexibility index (Phi) is 3.94. The van der Waals surface area contributed by atoms with Crippen molar-refractivity contribution in [3.05, 3.63) is 35.4 Å². The molecule has 2 bridgehead atoms. The van der Waals surface area contributed by atoms with Gasteiger partial charge in [0.1, 0.15) is 5.75 Å². The summed E-state index contributed by atoms with van der Waals surface area (Å²) in [5, 5.41) is -0.937. The predicted octanol–water partition coefficient (Wildman–Crippen LogP) is 3.84. The van der Waals surface area contributed by atoms with Crippen molar-refractivity contribution in [1.29, 1.82) is 0 Å². The smallest absolute Gasteiger partial charge is 0.419 e. The summed E-state index contributed by atoms with van der Waals surface area (Å²) in [6, 6.07) is 3.74. The summed E-state index contributed by atoms with van der Waals surface area (Å²) in [6.07, 6.45) is -0.353. The van der Waals surface area contributed by atoms with Crippen LogP contribution in [0.4, 0.5) is 13.2 Å². The van der Waals surface area contributed by atoms with Gasteiger partial charge in [0.05, 0.1) is 23.2 Å². The lowest BCUT2D eigenvalue weighted by molar-refractivity contribution is -0.138. The molecule has 3 rings (SSSR count). The molecule has 0 aliphatic carbocycles. The first-order chi connectivity index (χ1) is 10.7. The summed E-state index contributed by atoms with van der Waals surface area (Å²) < 4.78 is 68.2. The Bertz CT molecular complexity index is 750. The van der Waals surface area contributed by atoms with Crippen molar-refractivity contribution < 1.29 is 26.3 Å². The molecule has 2 atom stereocenters. The summed E-state index contributed by atoms with van der Waals surface area (Å²) in [6.45, 7) is 0. The highest BCUT2D eigenvalue weighted by Crippen LogP contribution is 2.42. The molecule has 2 aliphatic rings. The summed E-state index contributed by atoms with van der Waals surface area (Å²) in [5.41, 5.74) is 0.566. The second-order valence-corrected chi connectivity index (χ2v) is 8.44. The SMILES string of the molecule is COc1cc(C2=CC3CCCC(C2)S3(=O)=O)ccc1C(F)(F)F. The highest BCUT2D eigenvalue weighted by molar-refractivity contribution is 7.93. The van der Waals surface area contributed by atoms with Gasteiger partial charge in [-0.2, -0.15) is 13.2 Å². The minimum atomic E-state index is -4.48. The van der Waals surface area contributed by atoms with Crippen LogP contribution in [0.3, 0.4) is 0 Å². The molecule has 0 spiro atoms. The number of hydrogen-bond acceptors (Lipinski definition) is 3. The molecule has 0 N–H and O–H groups in total. The monoisotopic (exact) mass is 346 g/mol. The molecule has 1 saturated heterocycles. The first-order valence-electron chi connectivity index (χ1n) is 7.42. The van der Waals surface area contributed by atoms with Gasteiger partial charge in [-0.05, 0) is 42.5 Å². The molecular formula is C16H17F3O3S. The van der Waals surface area contributed by atoms with E-state index in [1.54, 1.807) is 6.08 Å². The quantitative estimate of drug-likeness (QED) is 0.817. The van der Waals surface area contributed by atoms with Crippen LogP contribution in [-0.2, 0) is 16.0 Å². The predicted molar refractivity (Wildman–Crippen MR) is 80.9 cm³/mol. The summed E-state index contributed by atoms with van der Waals surface area (Å²) in [7, 11) is -1.94. The van der Waals surface area contributed by atoms with Crippen LogP contribution in [0.1, 0.15) is 36.8 Å². The van der Waals surface area contributed by atoms with Crippen molar-refractivity contribution in [2.45, 2.75) is 42.4 Å². The van der Waals surface area contributed by atoms with E-state index in [0.717, 1.165) is 18.1 Å². The standard InChI is InChI=1S/C16H17F3O3S/c1-22-15-9-10(5-6-14(15)16(17,18)19)11-7-12-3-2-4-13(8-11)23(12,20)21/h5-7,9,12-13H,2-4,8H2,1H3. The molecule has 7 heteroatoms. The zero-order valence-electron chi connectivity index (χ0n) is 12.6. The number of hydrogen-bond donors (Lipinski definition) is 0. The van der Waals surface area contributed by atoms with Crippen LogP contribution >= 0.6 is 0 Å². The number of sulfone groups is 1. The normalized spacial score (nSPS) is 26.5. The van der Waals surface area contributed by atoms with Crippen molar-refractivity contribution in [3.63, 3.8) is 0 Å². The maximum absolute atomic E-state index is 12.9. The van der Waals surface area contributed by atoms with Gasteiger partial charge < -0.3 is 4.74 Å². The minimum absolute atomic E-state index is 0.241. The lowest BCUT2D eigenvalue weighted by atomic mass is 9.92. The fourth-order valence-corrected chi connectivity index (χ4v) is 5.65. The van der Waals surface area contributed by atoms with E-state index in [-0.39, 0.29) is 5.75 Å². The van der Waals surface area contributed by atoms with Crippen molar-refractivity contribution >= 4 is 15.4 Å². The van der Waals surface area contributed by atoms with E-state index >= 15 is 0 Å². The fraction of sp³-hybridized carbons (Fsp3) is 0.500. The van der Waals surface area contributed by atoms with Crippen molar-refractivity contribution in [3.8, 4) is 5.75 Å². The zero-order chi connectivity index (χ0) is 16.8. The zero-order valence-corrected chi connectivity index (χ0v) is 13.4. The van der Waals surface area contributed by atoms with Crippen molar-refractivity contribution in [2.24, 2.45) is 0 Å². The number of methoxy groups -OCH3 is 1. The number of fused-ring (bicyclic) bond motifs is 2. The van der Waals surface area contributed by atoms with Crippen LogP contribution in [0.5, 0.6) is 5.75 Å². The van der Waals surface area contributed by atoms with Crippen LogP contribution in [0.25, 0.3) is 5.57 Å². The van der Waals surface area contributed by atoms with Gasteiger partial charge >= 0.3 is 6.18 Å². The summed E-state index contributed by atoms with van der Waals surface area (Å²) in [4.78, 5) is 0. The Morgan fingerprint density at radius 1 is 1.22 bits per heavy atom. The van der Waals surface area contributed by atoms with Crippen LogP contribution in [0, 0.1) is 0 Å². The molecule has 2 unspecified atom stereocenters. The Labute approximate surface area is 133 Å². The van der Waals surface area contributed by atoms with Gasteiger partial charge in [0.15, 0.2) is 9.84 Å². The van der Waals surface area contributed by atoms with E-state index in [0.29, 0.717) is 24.8 Å². The number of rotatable bonds is 2.